The minimum atomic E-state index is -0.315. The molecule has 0 aliphatic rings. The molecule has 0 amide bonds. The van der Waals surface area contributed by atoms with Gasteiger partial charge in [-0.25, -0.2) is 4.39 Å². The molecule has 1 aromatic carbocycles. The second-order valence-corrected chi connectivity index (χ2v) is 3.63. The van der Waals surface area contributed by atoms with E-state index < -0.39 is 0 Å². The van der Waals surface area contributed by atoms with E-state index in [1.165, 1.54) is 6.07 Å². The summed E-state index contributed by atoms with van der Waals surface area (Å²) in [5.74, 6) is 0.380. The lowest BCUT2D eigenvalue weighted by Gasteiger charge is -1.99. The maximum atomic E-state index is 13.5. The number of nitrogens with two attached hydrogens (primary N) is 1. The van der Waals surface area contributed by atoms with E-state index in [-0.39, 0.29) is 5.82 Å². The van der Waals surface area contributed by atoms with Crippen molar-refractivity contribution in [2.24, 2.45) is 5.73 Å². The van der Waals surface area contributed by atoms with E-state index in [2.05, 4.69) is 0 Å². The predicted octanol–water partition coefficient (Wildman–Crippen LogP) is 2.90. The van der Waals surface area contributed by atoms with Crippen molar-refractivity contribution in [3.63, 3.8) is 0 Å². The van der Waals surface area contributed by atoms with Crippen molar-refractivity contribution in [2.75, 3.05) is 0 Å². The van der Waals surface area contributed by atoms with Gasteiger partial charge < -0.3 is 10.2 Å². The zero-order valence-corrected chi connectivity index (χ0v) is 8.93. The Bertz CT molecular complexity index is 502. The Hall–Kier alpha value is -1.35. The van der Waals surface area contributed by atoms with Crippen molar-refractivity contribution >= 4 is 11.0 Å². The van der Waals surface area contributed by atoms with Crippen molar-refractivity contribution in [3.8, 4) is 0 Å². The fraction of sp³-hybridized carbons (Fsp3) is 0.333. The number of hydrogen-bond donors (Lipinski definition) is 1. The molecule has 0 atom stereocenters. The molecule has 0 radical (unpaired) electrons. The maximum Gasteiger partial charge on any atom is 0.170 e. The van der Waals surface area contributed by atoms with E-state index in [0.717, 1.165) is 22.9 Å². The summed E-state index contributed by atoms with van der Waals surface area (Å²) in [5.41, 5.74) is 7.98. The van der Waals surface area contributed by atoms with Crippen molar-refractivity contribution in [2.45, 2.75) is 26.8 Å². The Labute approximate surface area is 87.9 Å². The summed E-state index contributed by atoms with van der Waals surface area (Å²) < 4.78 is 18.9. The van der Waals surface area contributed by atoms with Crippen LogP contribution < -0.4 is 5.73 Å². The number of fused-ring (bicyclic) bond motifs is 1. The van der Waals surface area contributed by atoms with Crippen LogP contribution in [-0.4, -0.2) is 0 Å². The number of halogens is 1. The molecule has 1 aromatic heterocycles. The molecule has 0 spiro atoms. The van der Waals surface area contributed by atoms with Gasteiger partial charge in [-0.15, -0.1) is 0 Å². The monoisotopic (exact) mass is 207 g/mol. The summed E-state index contributed by atoms with van der Waals surface area (Å²) >= 11 is 0. The van der Waals surface area contributed by atoms with Crippen LogP contribution in [0.2, 0.25) is 0 Å². The van der Waals surface area contributed by atoms with Gasteiger partial charge in [-0.2, -0.15) is 0 Å². The minimum Gasteiger partial charge on any atom is -0.456 e. The molecular formula is C12H14FNO. The van der Waals surface area contributed by atoms with Gasteiger partial charge >= 0.3 is 0 Å². The molecule has 2 aromatic rings. The van der Waals surface area contributed by atoms with Crippen LogP contribution in [0, 0.1) is 12.7 Å². The van der Waals surface area contributed by atoms with Gasteiger partial charge in [-0.05, 0) is 25.0 Å². The molecule has 0 saturated heterocycles. The molecular weight excluding hydrogens is 193 g/mol. The first-order chi connectivity index (χ1) is 7.19. The number of hydrogen-bond acceptors (Lipinski definition) is 2. The number of aryl methyl sites for hydroxylation is 2. The zero-order chi connectivity index (χ0) is 11.0. The van der Waals surface area contributed by atoms with E-state index in [4.69, 9.17) is 10.2 Å². The van der Waals surface area contributed by atoms with E-state index in [1.807, 2.05) is 13.8 Å². The van der Waals surface area contributed by atoms with Crippen molar-refractivity contribution in [1.29, 1.82) is 0 Å². The summed E-state index contributed by atoms with van der Waals surface area (Å²) in [7, 11) is 0. The van der Waals surface area contributed by atoms with Crippen molar-refractivity contribution in [3.05, 3.63) is 34.8 Å². The van der Waals surface area contributed by atoms with Gasteiger partial charge in [0.15, 0.2) is 11.4 Å². The van der Waals surface area contributed by atoms with Crippen LogP contribution in [0.5, 0.6) is 0 Å². The van der Waals surface area contributed by atoms with Gasteiger partial charge in [0.1, 0.15) is 5.76 Å². The van der Waals surface area contributed by atoms with Gasteiger partial charge in [0.25, 0.3) is 0 Å². The molecule has 0 aliphatic heterocycles. The first-order valence-corrected chi connectivity index (χ1v) is 5.08. The molecule has 80 valence electrons. The average Bonchev–Trinajstić information content (AvgIpc) is 2.63. The fourth-order valence-corrected chi connectivity index (χ4v) is 1.99. The van der Waals surface area contributed by atoms with Crippen molar-refractivity contribution < 1.29 is 8.81 Å². The van der Waals surface area contributed by atoms with Crippen LogP contribution >= 0.6 is 0 Å². The highest BCUT2D eigenvalue weighted by Gasteiger charge is 2.16. The highest BCUT2D eigenvalue weighted by Crippen LogP contribution is 2.30. The summed E-state index contributed by atoms with van der Waals surface area (Å²) in [6.45, 7) is 4.29. The van der Waals surface area contributed by atoms with Gasteiger partial charge in [0, 0.05) is 10.9 Å². The van der Waals surface area contributed by atoms with Gasteiger partial charge in [-0.1, -0.05) is 13.0 Å². The smallest absolute Gasteiger partial charge is 0.170 e. The Kier molecular flexibility index (Phi) is 2.49. The highest BCUT2D eigenvalue weighted by molar-refractivity contribution is 5.86. The summed E-state index contributed by atoms with van der Waals surface area (Å²) in [6.07, 6.45) is 0.809. The molecule has 0 bridgehead atoms. The molecule has 2 rings (SSSR count). The summed E-state index contributed by atoms with van der Waals surface area (Å²) in [6, 6.07) is 3.20. The van der Waals surface area contributed by atoms with Gasteiger partial charge in [-0.3, -0.25) is 0 Å². The van der Waals surface area contributed by atoms with E-state index >= 15 is 0 Å². The van der Waals surface area contributed by atoms with E-state index in [9.17, 15) is 4.39 Å². The van der Waals surface area contributed by atoms with Gasteiger partial charge in [0.2, 0.25) is 0 Å². The van der Waals surface area contributed by atoms with Crippen molar-refractivity contribution in [1.82, 2.24) is 0 Å². The first-order valence-electron chi connectivity index (χ1n) is 5.08. The van der Waals surface area contributed by atoms with Crippen LogP contribution in [0.15, 0.2) is 16.5 Å². The lowest BCUT2D eigenvalue weighted by Crippen LogP contribution is -1.97. The highest BCUT2D eigenvalue weighted by atomic mass is 19.1. The van der Waals surface area contributed by atoms with Crippen LogP contribution in [-0.2, 0) is 13.0 Å². The van der Waals surface area contributed by atoms with Gasteiger partial charge in [0.05, 0.1) is 6.54 Å². The molecule has 3 heteroatoms. The molecule has 0 unspecified atom stereocenters. The molecule has 0 aliphatic carbocycles. The SMILES string of the molecule is CCc1c(CN)oc2c(F)ccc(C)c12. The largest absolute Gasteiger partial charge is 0.456 e. The molecule has 2 nitrogen and oxygen atoms in total. The quantitative estimate of drug-likeness (QED) is 0.822. The normalized spacial score (nSPS) is 11.2. The maximum absolute atomic E-state index is 13.5. The topological polar surface area (TPSA) is 39.2 Å². The van der Waals surface area contributed by atoms with E-state index in [1.54, 1.807) is 6.07 Å². The Morgan fingerprint density at radius 1 is 1.40 bits per heavy atom. The van der Waals surface area contributed by atoms with E-state index in [0.29, 0.717) is 17.9 Å². The number of furan rings is 1. The summed E-state index contributed by atoms with van der Waals surface area (Å²) in [4.78, 5) is 0. The fourth-order valence-electron chi connectivity index (χ4n) is 1.99. The third-order valence-corrected chi connectivity index (χ3v) is 2.72. The molecule has 1 heterocycles. The van der Waals surface area contributed by atoms with Crippen LogP contribution in [0.3, 0.4) is 0 Å². The molecule has 15 heavy (non-hydrogen) atoms. The summed E-state index contributed by atoms with van der Waals surface area (Å²) in [5, 5.41) is 0.887. The molecule has 0 saturated carbocycles. The lowest BCUT2D eigenvalue weighted by molar-refractivity contribution is 0.517. The Morgan fingerprint density at radius 3 is 2.73 bits per heavy atom. The molecule has 2 N–H and O–H groups in total. The Balaban J connectivity index is 2.87. The second-order valence-electron chi connectivity index (χ2n) is 3.63. The van der Waals surface area contributed by atoms with Crippen LogP contribution in [0.1, 0.15) is 23.8 Å². The molecule has 0 fully saturated rings. The average molecular weight is 207 g/mol. The third kappa shape index (κ3) is 1.43. The zero-order valence-electron chi connectivity index (χ0n) is 8.93. The standard InChI is InChI=1S/C12H14FNO/c1-3-8-10(6-14)15-12-9(13)5-4-7(2)11(8)12/h4-5H,3,6,14H2,1-2H3. The lowest BCUT2D eigenvalue weighted by atomic mass is 10.0. The third-order valence-electron chi connectivity index (χ3n) is 2.72. The predicted molar refractivity (Wildman–Crippen MR) is 58.2 cm³/mol. The minimum absolute atomic E-state index is 0.315. The van der Waals surface area contributed by atoms with Crippen LogP contribution in [0.4, 0.5) is 4.39 Å². The number of benzene rings is 1. The second kappa shape index (κ2) is 3.66. The number of rotatable bonds is 2. The first kappa shape index (κ1) is 10.2. The van der Waals surface area contributed by atoms with Crippen LogP contribution in [0.25, 0.3) is 11.0 Å². The Morgan fingerprint density at radius 2 is 2.13 bits per heavy atom.